The molecule has 2 aliphatic carbocycles. The van der Waals surface area contributed by atoms with Crippen LogP contribution in [0.5, 0.6) is 0 Å². The van der Waals surface area contributed by atoms with Crippen molar-refractivity contribution in [3.05, 3.63) is 12.7 Å². The van der Waals surface area contributed by atoms with Crippen LogP contribution in [-0.2, 0) is 14.3 Å². The maximum Gasteiger partial charge on any atom is 0.169 e. The minimum absolute atomic E-state index is 0.120. The molecule has 0 N–H and O–H groups in total. The molecule has 0 radical (unpaired) electrons. The molecule has 0 aromatic heterocycles. The van der Waals surface area contributed by atoms with Crippen LogP contribution in [-0.4, -0.2) is 23.8 Å². The first kappa shape index (κ1) is 11.4. The van der Waals surface area contributed by atoms with Gasteiger partial charge in [-0.05, 0) is 12.8 Å². The summed E-state index contributed by atoms with van der Waals surface area (Å²) in [6.45, 7) is 5.90. The van der Waals surface area contributed by atoms with Crippen molar-refractivity contribution in [1.82, 2.24) is 0 Å². The fourth-order valence-corrected chi connectivity index (χ4v) is 3.42. The Morgan fingerprint density at radius 2 is 2.00 bits per heavy atom. The molecule has 3 aliphatic rings. The van der Waals surface area contributed by atoms with Gasteiger partial charge in [-0.3, -0.25) is 4.79 Å². The van der Waals surface area contributed by atoms with E-state index in [0.29, 0.717) is 6.42 Å². The van der Waals surface area contributed by atoms with E-state index in [2.05, 4.69) is 6.58 Å². The summed E-state index contributed by atoms with van der Waals surface area (Å²) in [5, 5.41) is 0. The van der Waals surface area contributed by atoms with Gasteiger partial charge in [0.2, 0.25) is 0 Å². The summed E-state index contributed by atoms with van der Waals surface area (Å²) in [5.74, 6) is -0.284. The van der Waals surface area contributed by atoms with Crippen LogP contribution in [0.25, 0.3) is 0 Å². The smallest absolute Gasteiger partial charge is 0.169 e. The summed E-state index contributed by atoms with van der Waals surface area (Å²) in [6, 6.07) is 0. The maximum atomic E-state index is 12.0. The highest BCUT2D eigenvalue weighted by molar-refractivity contribution is 5.88. The predicted octanol–water partition coefficient (Wildman–Crippen LogP) is 2.60. The van der Waals surface area contributed by atoms with Gasteiger partial charge in [0, 0.05) is 24.7 Å². The molecule has 2 saturated carbocycles. The van der Waals surface area contributed by atoms with Crippen LogP contribution in [0, 0.1) is 5.41 Å². The second-order valence-corrected chi connectivity index (χ2v) is 5.90. The zero-order valence-corrected chi connectivity index (χ0v) is 10.4. The Labute approximate surface area is 102 Å². The highest BCUT2D eigenvalue weighted by Crippen LogP contribution is 2.51. The molecule has 17 heavy (non-hydrogen) atoms. The van der Waals surface area contributed by atoms with Gasteiger partial charge in [-0.2, -0.15) is 0 Å². The van der Waals surface area contributed by atoms with E-state index in [-0.39, 0.29) is 23.4 Å². The standard InChI is InChI=1S/C14H20O3/c1-3-13(2)9-10(15)11-12(13)17-14(16-11)7-5-4-6-8-14/h3,11-12H,1,4-9H2,2H3/t11?,12?,13-/m0/s1. The van der Waals surface area contributed by atoms with E-state index in [9.17, 15) is 4.79 Å². The fourth-order valence-electron chi connectivity index (χ4n) is 3.42. The lowest BCUT2D eigenvalue weighted by Gasteiger charge is -2.34. The molecular weight excluding hydrogens is 216 g/mol. The molecule has 3 rings (SSSR count). The van der Waals surface area contributed by atoms with Crippen LogP contribution in [0.3, 0.4) is 0 Å². The molecule has 3 atom stereocenters. The third-order valence-corrected chi connectivity index (χ3v) is 4.56. The fraction of sp³-hybridized carbons (Fsp3) is 0.786. The quantitative estimate of drug-likeness (QED) is 0.656. The van der Waals surface area contributed by atoms with Crippen molar-refractivity contribution < 1.29 is 14.3 Å². The van der Waals surface area contributed by atoms with Crippen LogP contribution >= 0.6 is 0 Å². The summed E-state index contributed by atoms with van der Waals surface area (Å²) >= 11 is 0. The number of hydrogen-bond donors (Lipinski definition) is 0. The van der Waals surface area contributed by atoms with Crippen molar-refractivity contribution in [2.45, 2.75) is 63.4 Å². The molecule has 0 amide bonds. The molecule has 1 spiro atoms. The number of Topliss-reactive ketones (excluding diaryl/α,β-unsaturated/α-hetero) is 1. The van der Waals surface area contributed by atoms with Crippen LogP contribution in [0.4, 0.5) is 0 Å². The van der Waals surface area contributed by atoms with Crippen molar-refractivity contribution in [1.29, 1.82) is 0 Å². The molecule has 94 valence electrons. The summed E-state index contributed by atoms with van der Waals surface area (Å²) in [5.41, 5.74) is -0.247. The largest absolute Gasteiger partial charge is 0.343 e. The van der Waals surface area contributed by atoms with Gasteiger partial charge in [-0.15, -0.1) is 6.58 Å². The van der Waals surface area contributed by atoms with Crippen molar-refractivity contribution in [3.8, 4) is 0 Å². The first-order valence-corrected chi connectivity index (χ1v) is 6.61. The lowest BCUT2D eigenvalue weighted by Crippen LogP contribution is -2.36. The number of fused-ring (bicyclic) bond motifs is 1. The van der Waals surface area contributed by atoms with Gasteiger partial charge >= 0.3 is 0 Å². The van der Waals surface area contributed by atoms with Gasteiger partial charge in [0.25, 0.3) is 0 Å². The van der Waals surface area contributed by atoms with Crippen molar-refractivity contribution >= 4 is 5.78 Å². The van der Waals surface area contributed by atoms with Crippen molar-refractivity contribution in [3.63, 3.8) is 0 Å². The Morgan fingerprint density at radius 3 is 2.65 bits per heavy atom. The average molecular weight is 236 g/mol. The van der Waals surface area contributed by atoms with E-state index in [0.717, 1.165) is 25.7 Å². The maximum absolute atomic E-state index is 12.0. The Morgan fingerprint density at radius 1 is 1.29 bits per heavy atom. The third kappa shape index (κ3) is 1.59. The highest BCUT2D eigenvalue weighted by atomic mass is 16.8. The lowest BCUT2D eigenvalue weighted by atomic mass is 9.86. The van der Waals surface area contributed by atoms with Crippen LogP contribution in [0.1, 0.15) is 45.4 Å². The molecule has 2 unspecified atom stereocenters. The number of carbonyl (C=O) groups excluding carboxylic acids is 1. The predicted molar refractivity (Wildman–Crippen MR) is 63.5 cm³/mol. The summed E-state index contributed by atoms with van der Waals surface area (Å²) in [6.07, 6.45) is 7.28. The van der Waals surface area contributed by atoms with Gasteiger partial charge in [0.1, 0.15) is 12.2 Å². The molecule has 3 fully saturated rings. The molecular formula is C14H20O3. The zero-order valence-electron chi connectivity index (χ0n) is 10.4. The summed E-state index contributed by atoms with van der Waals surface area (Å²) < 4.78 is 12.2. The minimum Gasteiger partial charge on any atom is -0.343 e. The van der Waals surface area contributed by atoms with E-state index >= 15 is 0 Å². The average Bonchev–Trinajstić information content (AvgIpc) is 2.79. The second-order valence-electron chi connectivity index (χ2n) is 5.90. The Kier molecular flexibility index (Phi) is 2.46. The number of rotatable bonds is 1. The number of carbonyl (C=O) groups is 1. The SMILES string of the molecule is C=C[C@@]1(C)CC(=O)C2OC3(CCCCC3)OC21. The molecule has 1 aliphatic heterocycles. The first-order valence-electron chi connectivity index (χ1n) is 6.61. The number of ketones is 1. The topological polar surface area (TPSA) is 35.5 Å². The molecule has 0 bridgehead atoms. The molecule has 1 heterocycles. The molecule has 1 saturated heterocycles. The Hall–Kier alpha value is -0.670. The van der Waals surface area contributed by atoms with Gasteiger partial charge in [0.15, 0.2) is 11.6 Å². The van der Waals surface area contributed by atoms with Gasteiger partial charge < -0.3 is 9.47 Å². The van der Waals surface area contributed by atoms with Crippen LogP contribution < -0.4 is 0 Å². The highest BCUT2D eigenvalue weighted by Gasteiger charge is 2.60. The zero-order chi connectivity index (χ0) is 12.1. The van der Waals surface area contributed by atoms with Crippen LogP contribution in [0.2, 0.25) is 0 Å². The van der Waals surface area contributed by atoms with E-state index in [1.54, 1.807) is 0 Å². The van der Waals surface area contributed by atoms with Crippen molar-refractivity contribution in [2.75, 3.05) is 0 Å². The third-order valence-electron chi connectivity index (χ3n) is 4.56. The van der Waals surface area contributed by atoms with E-state index in [4.69, 9.17) is 9.47 Å². The Bertz CT molecular complexity index is 356. The van der Waals surface area contributed by atoms with E-state index < -0.39 is 5.79 Å². The van der Waals surface area contributed by atoms with Gasteiger partial charge in [0.05, 0.1) is 0 Å². The van der Waals surface area contributed by atoms with Crippen LogP contribution in [0.15, 0.2) is 12.7 Å². The second kappa shape index (κ2) is 3.66. The lowest BCUT2D eigenvalue weighted by molar-refractivity contribution is -0.204. The monoisotopic (exact) mass is 236 g/mol. The van der Waals surface area contributed by atoms with E-state index in [1.165, 1.54) is 6.42 Å². The summed E-state index contributed by atoms with van der Waals surface area (Å²) in [4.78, 5) is 12.0. The minimum atomic E-state index is -0.464. The van der Waals surface area contributed by atoms with Gasteiger partial charge in [-0.1, -0.05) is 19.4 Å². The molecule has 3 nitrogen and oxygen atoms in total. The molecule has 0 aromatic carbocycles. The van der Waals surface area contributed by atoms with Crippen molar-refractivity contribution in [2.24, 2.45) is 5.41 Å². The first-order chi connectivity index (χ1) is 8.09. The summed E-state index contributed by atoms with van der Waals surface area (Å²) in [7, 11) is 0. The molecule has 0 aromatic rings. The van der Waals surface area contributed by atoms with Gasteiger partial charge in [-0.25, -0.2) is 0 Å². The number of ether oxygens (including phenoxy) is 2. The normalized spacial score (nSPS) is 43.9. The Balaban J connectivity index is 1.86. The number of hydrogen-bond acceptors (Lipinski definition) is 3. The van der Waals surface area contributed by atoms with E-state index in [1.807, 2.05) is 13.0 Å². The molecule has 3 heteroatoms.